The van der Waals surface area contributed by atoms with Gasteiger partial charge in [0, 0.05) is 19.1 Å². The molecular formula is C17H28N2O2. The lowest BCUT2D eigenvalue weighted by Crippen LogP contribution is -2.49. The van der Waals surface area contributed by atoms with E-state index < -0.39 is 0 Å². The van der Waals surface area contributed by atoms with Crippen LogP contribution in [0.3, 0.4) is 0 Å². The SMILES string of the molecule is CCC1CN(C(c2cccc(OC)c2)C(N)CC)CCO1. The van der Waals surface area contributed by atoms with Gasteiger partial charge < -0.3 is 15.2 Å². The monoisotopic (exact) mass is 292 g/mol. The summed E-state index contributed by atoms with van der Waals surface area (Å²) in [5, 5.41) is 0. The summed E-state index contributed by atoms with van der Waals surface area (Å²) in [5.74, 6) is 0.890. The number of rotatable bonds is 6. The zero-order valence-corrected chi connectivity index (χ0v) is 13.4. The maximum absolute atomic E-state index is 6.44. The molecule has 0 saturated carbocycles. The molecule has 1 saturated heterocycles. The number of morpholine rings is 1. The number of nitrogens with zero attached hydrogens (tertiary/aromatic N) is 1. The van der Waals surface area contributed by atoms with E-state index in [0.29, 0.717) is 6.10 Å². The van der Waals surface area contributed by atoms with Crippen molar-refractivity contribution in [2.75, 3.05) is 26.8 Å². The number of ether oxygens (including phenoxy) is 2. The normalized spacial score (nSPS) is 22.8. The average molecular weight is 292 g/mol. The van der Waals surface area contributed by atoms with Gasteiger partial charge >= 0.3 is 0 Å². The smallest absolute Gasteiger partial charge is 0.119 e. The van der Waals surface area contributed by atoms with Crippen molar-refractivity contribution in [3.63, 3.8) is 0 Å². The summed E-state index contributed by atoms with van der Waals surface area (Å²) in [6.07, 6.45) is 2.31. The van der Waals surface area contributed by atoms with Crippen LogP contribution in [0.2, 0.25) is 0 Å². The first-order valence-electron chi connectivity index (χ1n) is 7.94. The molecule has 3 unspecified atom stereocenters. The van der Waals surface area contributed by atoms with Crippen LogP contribution in [0, 0.1) is 0 Å². The Hall–Kier alpha value is -1.10. The molecule has 4 nitrogen and oxygen atoms in total. The summed E-state index contributed by atoms with van der Waals surface area (Å²) in [4.78, 5) is 2.47. The van der Waals surface area contributed by atoms with E-state index in [1.54, 1.807) is 7.11 Å². The van der Waals surface area contributed by atoms with Crippen molar-refractivity contribution in [2.45, 2.75) is 44.9 Å². The standard InChI is InChI=1S/C17H28N2O2/c1-4-14-12-19(9-10-21-14)17(16(18)5-2)13-7-6-8-15(11-13)20-3/h6-8,11,14,16-17H,4-5,9-10,12,18H2,1-3H3. The molecule has 0 radical (unpaired) electrons. The van der Waals surface area contributed by atoms with Crippen LogP contribution in [0.5, 0.6) is 5.75 Å². The molecule has 2 rings (SSSR count). The molecule has 3 atom stereocenters. The topological polar surface area (TPSA) is 47.7 Å². The van der Waals surface area contributed by atoms with Gasteiger partial charge in [-0.05, 0) is 30.5 Å². The fraction of sp³-hybridized carbons (Fsp3) is 0.647. The predicted octanol–water partition coefficient (Wildman–Crippen LogP) is 2.58. The van der Waals surface area contributed by atoms with Crippen molar-refractivity contribution in [1.82, 2.24) is 4.90 Å². The fourth-order valence-electron chi connectivity index (χ4n) is 3.02. The van der Waals surface area contributed by atoms with Gasteiger partial charge in [-0.25, -0.2) is 0 Å². The average Bonchev–Trinajstić information content (AvgIpc) is 2.55. The highest BCUT2D eigenvalue weighted by atomic mass is 16.5. The van der Waals surface area contributed by atoms with E-state index in [1.165, 1.54) is 5.56 Å². The van der Waals surface area contributed by atoms with Crippen LogP contribution in [0.4, 0.5) is 0 Å². The zero-order chi connectivity index (χ0) is 15.2. The minimum Gasteiger partial charge on any atom is -0.497 e. The summed E-state index contributed by atoms with van der Waals surface area (Å²) < 4.78 is 11.2. The molecule has 4 heteroatoms. The number of benzene rings is 1. The minimum atomic E-state index is 0.118. The Bertz CT molecular complexity index is 439. The molecule has 21 heavy (non-hydrogen) atoms. The molecule has 0 bridgehead atoms. The molecular weight excluding hydrogens is 264 g/mol. The van der Waals surface area contributed by atoms with Crippen LogP contribution in [0.15, 0.2) is 24.3 Å². The molecule has 2 N–H and O–H groups in total. The zero-order valence-electron chi connectivity index (χ0n) is 13.4. The third-order valence-electron chi connectivity index (χ3n) is 4.33. The summed E-state index contributed by atoms with van der Waals surface area (Å²) in [5.41, 5.74) is 7.67. The van der Waals surface area contributed by atoms with E-state index in [4.69, 9.17) is 15.2 Å². The number of hydrogen-bond acceptors (Lipinski definition) is 4. The molecule has 1 fully saturated rings. The van der Waals surface area contributed by atoms with Crippen LogP contribution < -0.4 is 10.5 Å². The number of methoxy groups -OCH3 is 1. The minimum absolute atomic E-state index is 0.118. The van der Waals surface area contributed by atoms with Crippen LogP contribution in [-0.2, 0) is 4.74 Å². The Morgan fingerprint density at radius 3 is 2.90 bits per heavy atom. The molecule has 0 spiro atoms. The van der Waals surface area contributed by atoms with Gasteiger partial charge in [0.15, 0.2) is 0 Å². The van der Waals surface area contributed by atoms with Gasteiger partial charge in [0.05, 0.1) is 25.9 Å². The van der Waals surface area contributed by atoms with Gasteiger partial charge in [0.1, 0.15) is 5.75 Å². The first-order valence-corrected chi connectivity index (χ1v) is 7.94. The van der Waals surface area contributed by atoms with Crippen LogP contribution >= 0.6 is 0 Å². The van der Waals surface area contributed by atoms with E-state index in [2.05, 4.69) is 30.9 Å². The summed E-state index contributed by atoms with van der Waals surface area (Å²) in [7, 11) is 1.70. The summed E-state index contributed by atoms with van der Waals surface area (Å²) >= 11 is 0. The van der Waals surface area contributed by atoms with Gasteiger partial charge in [-0.1, -0.05) is 26.0 Å². The van der Waals surface area contributed by atoms with Crippen molar-refractivity contribution in [3.8, 4) is 5.75 Å². The van der Waals surface area contributed by atoms with Crippen molar-refractivity contribution in [1.29, 1.82) is 0 Å². The van der Waals surface area contributed by atoms with E-state index in [1.807, 2.05) is 12.1 Å². The lowest BCUT2D eigenvalue weighted by atomic mass is 9.95. The van der Waals surface area contributed by atoms with E-state index in [0.717, 1.165) is 38.3 Å². The Morgan fingerprint density at radius 2 is 2.24 bits per heavy atom. The molecule has 0 amide bonds. The maximum Gasteiger partial charge on any atom is 0.119 e. The van der Waals surface area contributed by atoms with Gasteiger partial charge in [-0.2, -0.15) is 0 Å². The highest BCUT2D eigenvalue weighted by Gasteiger charge is 2.30. The van der Waals surface area contributed by atoms with Crippen molar-refractivity contribution >= 4 is 0 Å². The first-order chi connectivity index (χ1) is 10.2. The molecule has 0 aromatic heterocycles. The molecule has 118 valence electrons. The summed E-state index contributed by atoms with van der Waals surface area (Å²) in [6.45, 7) is 7.00. The second kappa shape index (κ2) is 7.78. The molecule has 0 aliphatic carbocycles. The second-order valence-corrected chi connectivity index (χ2v) is 5.69. The van der Waals surface area contributed by atoms with Gasteiger partial charge in [0.25, 0.3) is 0 Å². The Morgan fingerprint density at radius 1 is 1.43 bits per heavy atom. The molecule has 1 aliphatic heterocycles. The third-order valence-corrected chi connectivity index (χ3v) is 4.33. The largest absolute Gasteiger partial charge is 0.497 e. The first kappa shape index (κ1) is 16.3. The van der Waals surface area contributed by atoms with Gasteiger partial charge in [-0.15, -0.1) is 0 Å². The van der Waals surface area contributed by atoms with Crippen molar-refractivity contribution in [2.24, 2.45) is 5.73 Å². The van der Waals surface area contributed by atoms with E-state index in [-0.39, 0.29) is 12.1 Å². The van der Waals surface area contributed by atoms with Gasteiger partial charge in [0.2, 0.25) is 0 Å². The third kappa shape index (κ3) is 3.96. The van der Waals surface area contributed by atoms with Gasteiger partial charge in [-0.3, -0.25) is 4.90 Å². The lowest BCUT2D eigenvalue weighted by molar-refractivity contribution is -0.0487. The maximum atomic E-state index is 6.44. The highest BCUT2D eigenvalue weighted by molar-refractivity contribution is 5.31. The Balaban J connectivity index is 2.24. The predicted molar refractivity (Wildman–Crippen MR) is 85.6 cm³/mol. The van der Waals surface area contributed by atoms with Crippen LogP contribution in [-0.4, -0.2) is 43.9 Å². The van der Waals surface area contributed by atoms with Crippen molar-refractivity contribution in [3.05, 3.63) is 29.8 Å². The Labute approximate surface area is 128 Å². The number of nitrogens with two attached hydrogens (primary N) is 1. The molecule has 1 aromatic carbocycles. The molecule has 1 aromatic rings. The highest BCUT2D eigenvalue weighted by Crippen LogP contribution is 2.29. The van der Waals surface area contributed by atoms with E-state index >= 15 is 0 Å². The number of hydrogen-bond donors (Lipinski definition) is 1. The van der Waals surface area contributed by atoms with E-state index in [9.17, 15) is 0 Å². The van der Waals surface area contributed by atoms with Crippen LogP contribution in [0.25, 0.3) is 0 Å². The second-order valence-electron chi connectivity index (χ2n) is 5.69. The summed E-state index contributed by atoms with van der Waals surface area (Å²) in [6, 6.07) is 8.62. The lowest BCUT2D eigenvalue weighted by Gasteiger charge is -2.40. The van der Waals surface area contributed by atoms with Crippen molar-refractivity contribution < 1.29 is 9.47 Å². The Kier molecular flexibility index (Phi) is 6.03. The quantitative estimate of drug-likeness (QED) is 0.875. The van der Waals surface area contributed by atoms with Crippen LogP contribution in [0.1, 0.15) is 38.3 Å². The molecule has 1 heterocycles. The molecule has 1 aliphatic rings. The fourth-order valence-corrected chi connectivity index (χ4v) is 3.02.